The van der Waals surface area contributed by atoms with Gasteiger partial charge < -0.3 is 25.2 Å². The second kappa shape index (κ2) is 11.5. The van der Waals surface area contributed by atoms with Crippen LogP contribution in [0.2, 0.25) is 10.0 Å². The van der Waals surface area contributed by atoms with Gasteiger partial charge in [-0.05, 0) is 35.9 Å². The number of rotatable bonds is 10. The number of methoxy groups -OCH3 is 2. The number of ether oxygens (including phenoxy) is 2. The average molecular weight is 492 g/mol. The molecule has 0 radical (unpaired) electrons. The summed E-state index contributed by atoms with van der Waals surface area (Å²) in [7, 11) is -1.10. The molecule has 0 aliphatic rings. The number of nitrogens with one attached hydrogen (secondary N) is 3. The Kier molecular flexibility index (Phi) is 9.35. The van der Waals surface area contributed by atoms with E-state index in [0.29, 0.717) is 10.6 Å². The van der Waals surface area contributed by atoms with E-state index in [4.69, 9.17) is 32.7 Å². The van der Waals surface area contributed by atoms with Crippen molar-refractivity contribution in [2.24, 2.45) is 0 Å². The molecule has 9 nitrogen and oxygen atoms in total. The van der Waals surface area contributed by atoms with Crippen molar-refractivity contribution in [3.05, 3.63) is 52.0 Å². The van der Waals surface area contributed by atoms with Crippen molar-refractivity contribution in [3.8, 4) is 5.75 Å². The van der Waals surface area contributed by atoms with Crippen LogP contribution in [0.3, 0.4) is 0 Å². The smallest absolute Gasteiger partial charge is 0.319 e. The highest BCUT2D eigenvalue weighted by molar-refractivity contribution is 7.89. The first-order valence-electron chi connectivity index (χ1n) is 9.02. The number of sulfonamides is 1. The summed E-state index contributed by atoms with van der Waals surface area (Å²) in [5.74, 6) is 0.117. The molecule has 1 unspecified atom stereocenters. The van der Waals surface area contributed by atoms with Gasteiger partial charge >= 0.3 is 6.03 Å². The summed E-state index contributed by atoms with van der Waals surface area (Å²) in [6, 6.07) is 8.18. The maximum Gasteiger partial charge on any atom is 0.319 e. The van der Waals surface area contributed by atoms with Crippen LogP contribution in [0.25, 0.3) is 0 Å². The lowest BCUT2D eigenvalue weighted by molar-refractivity contribution is 0.175. The number of aliphatic hydroxyl groups is 1. The summed E-state index contributed by atoms with van der Waals surface area (Å²) >= 11 is 11.8. The van der Waals surface area contributed by atoms with Crippen LogP contribution in [-0.4, -0.2) is 53.5 Å². The number of halogens is 2. The van der Waals surface area contributed by atoms with Gasteiger partial charge in [0, 0.05) is 25.9 Å². The number of hydrogen-bond donors (Lipinski definition) is 4. The van der Waals surface area contributed by atoms with E-state index >= 15 is 0 Å². The van der Waals surface area contributed by atoms with Gasteiger partial charge in [-0.25, -0.2) is 17.9 Å². The summed E-state index contributed by atoms with van der Waals surface area (Å²) in [4.78, 5) is 12.1. The predicted octanol–water partition coefficient (Wildman–Crippen LogP) is 2.78. The molecule has 0 saturated carbocycles. The Morgan fingerprint density at radius 1 is 1.13 bits per heavy atom. The summed E-state index contributed by atoms with van der Waals surface area (Å²) in [5.41, 5.74) is 0.698. The molecule has 2 rings (SSSR count). The number of carbonyl (C=O) groups excluding carboxylic acids is 1. The third kappa shape index (κ3) is 7.23. The van der Waals surface area contributed by atoms with Crippen LogP contribution in [0.1, 0.15) is 11.7 Å². The Balaban J connectivity index is 2.04. The summed E-state index contributed by atoms with van der Waals surface area (Å²) in [6.07, 6.45) is -1.02. The quantitative estimate of drug-likeness (QED) is 0.378. The molecule has 4 N–H and O–H groups in total. The first-order chi connectivity index (χ1) is 14.7. The molecule has 2 amide bonds. The van der Waals surface area contributed by atoms with E-state index in [-0.39, 0.29) is 41.1 Å². The second-order valence-electron chi connectivity index (χ2n) is 6.28. The molecule has 170 valence electrons. The van der Waals surface area contributed by atoms with Crippen LogP contribution >= 0.6 is 23.2 Å². The van der Waals surface area contributed by atoms with E-state index in [0.717, 1.165) is 0 Å². The standard InChI is InChI=1S/C19H23Cl2N3O6S/c1-29-8-7-23-31(27,28)18-10-13(4-6-17(18)30-2)24-19(26)22-11-16(25)12-3-5-14(20)15(21)9-12/h3-6,9-10,16,23,25H,7-8,11H2,1-2H3,(H2,22,24,26). The molecule has 0 fully saturated rings. The number of carbonyl (C=O) groups is 1. The van der Waals surface area contributed by atoms with Gasteiger partial charge in [-0.15, -0.1) is 0 Å². The number of hydrogen-bond acceptors (Lipinski definition) is 6. The van der Waals surface area contributed by atoms with E-state index in [2.05, 4.69) is 15.4 Å². The lowest BCUT2D eigenvalue weighted by Gasteiger charge is -2.15. The van der Waals surface area contributed by atoms with Gasteiger partial charge in [0.2, 0.25) is 10.0 Å². The van der Waals surface area contributed by atoms with E-state index in [1.807, 2.05) is 0 Å². The van der Waals surface area contributed by atoms with Crippen LogP contribution < -0.4 is 20.1 Å². The molecule has 0 saturated heterocycles. The highest BCUT2D eigenvalue weighted by Gasteiger charge is 2.20. The molecule has 0 aliphatic heterocycles. The maximum absolute atomic E-state index is 12.5. The first-order valence-corrected chi connectivity index (χ1v) is 11.3. The number of aliphatic hydroxyl groups excluding tert-OH is 1. The van der Waals surface area contributed by atoms with Gasteiger partial charge in [0.1, 0.15) is 10.6 Å². The van der Waals surface area contributed by atoms with Crippen molar-refractivity contribution in [1.82, 2.24) is 10.0 Å². The van der Waals surface area contributed by atoms with Gasteiger partial charge in [0.25, 0.3) is 0 Å². The topological polar surface area (TPSA) is 126 Å². The van der Waals surface area contributed by atoms with E-state index < -0.39 is 22.2 Å². The summed E-state index contributed by atoms with van der Waals surface area (Å²) < 4.78 is 37.4. The Morgan fingerprint density at radius 3 is 2.52 bits per heavy atom. The van der Waals surface area contributed by atoms with Crippen LogP contribution in [0, 0.1) is 0 Å². The minimum Gasteiger partial charge on any atom is -0.495 e. The van der Waals surface area contributed by atoms with Crippen molar-refractivity contribution in [3.63, 3.8) is 0 Å². The predicted molar refractivity (Wildman–Crippen MR) is 119 cm³/mol. The molecule has 0 spiro atoms. The molecule has 1 atom stereocenters. The average Bonchev–Trinajstić information content (AvgIpc) is 2.74. The van der Waals surface area contributed by atoms with Gasteiger partial charge in [0.15, 0.2) is 0 Å². The van der Waals surface area contributed by atoms with Crippen LogP contribution in [0.4, 0.5) is 10.5 Å². The molecule has 0 aliphatic carbocycles. The highest BCUT2D eigenvalue weighted by Crippen LogP contribution is 2.27. The van der Waals surface area contributed by atoms with Crippen molar-refractivity contribution >= 4 is 44.9 Å². The molecule has 2 aromatic rings. The normalized spacial score (nSPS) is 12.3. The molecule has 2 aromatic carbocycles. The Bertz CT molecular complexity index is 1020. The van der Waals surface area contributed by atoms with Gasteiger partial charge in [-0.1, -0.05) is 29.3 Å². The fourth-order valence-corrected chi connectivity index (χ4v) is 4.03. The lowest BCUT2D eigenvalue weighted by Crippen LogP contribution is -2.32. The minimum absolute atomic E-state index is 0.0761. The number of anilines is 1. The Labute approximate surface area is 190 Å². The number of amides is 2. The Morgan fingerprint density at radius 2 is 1.87 bits per heavy atom. The third-order valence-corrected chi connectivity index (χ3v) is 6.31. The van der Waals surface area contributed by atoms with Crippen LogP contribution in [0.5, 0.6) is 5.75 Å². The summed E-state index contributed by atoms with van der Waals surface area (Å²) in [6.45, 7) is 0.166. The minimum atomic E-state index is -3.89. The Hall–Kier alpha value is -2.08. The van der Waals surface area contributed by atoms with Gasteiger partial charge in [-0.2, -0.15) is 0 Å². The molecule has 12 heteroatoms. The third-order valence-electron chi connectivity index (χ3n) is 4.09. The van der Waals surface area contributed by atoms with Crippen molar-refractivity contribution in [2.75, 3.05) is 39.2 Å². The lowest BCUT2D eigenvalue weighted by atomic mass is 10.1. The van der Waals surface area contributed by atoms with Crippen molar-refractivity contribution in [1.29, 1.82) is 0 Å². The fourth-order valence-electron chi connectivity index (χ4n) is 2.52. The largest absolute Gasteiger partial charge is 0.495 e. The number of benzene rings is 2. The molecule has 31 heavy (non-hydrogen) atoms. The number of urea groups is 1. The zero-order chi connectivity index (χ0) is 23.0. The molecule has 0 heterocycles. The SMILES string of the molecule is COCCNS(=O)(=O)c1cc(NC(=O)NCC(O)c2ccc(Cl)c(Cl)c2)ccc1OC. The zero-order valence-electron chi connectivity index (χ0n) is 16.8. The molecular weight excluding hydrogens is 469 g/mol. The van der Waals surface area contributed by atoms with E-state index in [1.165, 1.54) is 38.5 Å². The molecule has 0 aromatic heterocycles. The molecular formula is C19H23Cl2N3O6S. The first kappa shape index (κ1) is 25.2. The van der Waals surface area contributed by atoms with Crippen molar-refractivity contribution < 1.29 is 27.8 Å². The van der Waals surface area contributed by atoms with Crippen molar-refractivity contribution in [2.45, 2.75) is 11.0 Å². The van der Waals surface area contributed by atoms with Crippen LogP contribution in [-0.2, 0) is 14.8 Å². The van der Waals surface area contributed by atoms with E-state index in [9.17, 15) is 18.3 Å². The fraction of sp³-hybridized carbons (Fsp3) is 0.316. The zero-order valence-corrected chi connectivity index (χ0v) is 19.1. The van der Waals surface area contributed by atoms with E-state index in [1.54, 1.807) is 12.1 Å². The second-order valence-corrected chi connectivity index (χ2v) is 8.83. The van der Waals surface area contributed by atoms with Gasteiger partial charge in [0.05, 0.1) is 29.9 Å². The molecule has 0 bridgehead atoms. The maximum atomic E-state index is 12.5. The van der Waals surface area contributed by atoms with Gasteiger partial charge in [-0.3, -0.25) is 0 Å². The summed E-state index contributed by atoms with van der Waals surface area (Å²) in [5, 5.41) is 15.9. The monoisotopic (exact) mass is 491 g/mol. The highest BCUT2D eigenvalue weighted by atomic mass is 35.5. The van der Waals surface area contributed by atoms with Crippen LogP contribution in [0.15, 0.2) is 41.3 Å².